The van der Waals surface area contributed by atoms with Crippen molar-refractivity contribution in [2.45, 2.75) is 13.8 Å². The average molecular weight is 427 g/mol. The zero-order valence-electron chi connectivity index (χ0n) is 17.6. The molecule has 164 valence electrons. The van der Waals surface area contributed by atoms with E-state index in [1.54, 1.807) is 17.9 Å². The van der Waals surface area contributed by atoms with Crippen LogP contribution in [0.1, 0.15) is 22.8 Å². The minimum atomic E-state index is -0.596. The molecule has 2 aromatic rings. The molecule has 1 aliphatic rings. The van der Waals surface area contributed by atoms with Crippen LogP contribution in [0.15, 0.2) is 42.5 Å². The molecule has 0 unspecified atom stereocenters. The van der Waals surface area contributed by atoms with Gasteiger partial charge in [0.25, 0.3) is 11.6 Å². The molecule has 1 fully saturated rings. The van der Waals surface area contributed by atoms with Gasteiger partial charge in [-0.2, -0.15) is 0 Å². The molecule has 0 spiro atoms. The van der Waals surface area contributed by atoms with Gasteiger partial charge in [-0.25, -0.2) is 4.79 Å². The van der Waals surface area contributed by atoms with Crippen LogP contribution in [0.2, 0.25) is 0 Å². The summed E-state index contributed by atoms with van der Waals surface area (Å²) in [6, 6.07) is 11.8. The number of aryl methyl sites for hydroxylation is 1. The summed E-state index contributed by atoms with van der Waals surface area (Å²) in [5, 5.41) is 11.6. The van der Waals surface area contributed by atoms with Crippen LogP contribution in [0.4, 0.5) is 11.4 Å². The van der Waals surface area contributed by atoms with Gasteiger partial charge in [-0.3, -0.25) is 14.9 Å². The summed E-state index contributed by atoms with van der Waals surface area (Å²) in [5.74, 6) is -0.0940. The topological polar surface area (TPSA) is 102 Å². The number of nitro groups is 1. The van der Waals surface area contributed by atoms with Crippen LogP contribution in [0.25, 0.3) is 0 Å². The largest absolute Gasteiger partial charge is 0.484 e. The highest BCUT2D eigenvalue weighted by molar-refractivity contribution is 5.91. The number of amides is 1. The number of ether oxygens (including phenoxy) is 2. The lowest BCUT2D eigenvalue weighted by atomic mass is 10.1. The van der Waals surface area contributed by atoms with Gasteiger partial charge in [-0.1, -0.05) is 17.7 Å². The molecule has 0 aromatic heterocycles. The van der Waals surface area contributed by atoms with Crippen molar-refractivity contribution in [1.82, 2.24) is 4.90 Å². The summed E-state index contributed by atoms with van der Waals surface area (Å²) in [5.41, 5.74) is 1.51. The highest BCUT2D eigenvalue weighted by Crippen LogP contribution is 2.30. The Morgan fingerprint density at radius 2 is 1.74 bits per heavy atom. The Labute approximate surface area is 180 Å². The number of rotatable bonds is 7. The molecule has 0 N–H and O–H groups in total. The minimum absolute atomic E-state index is 0.0581. The van der Waals surface area contributed by atoms with Crippen LogP contribution < -0.4 is 9.64 Å². The molecule has 3 rings (SSSR count). The molecule has 0 radical (unpaired) electrons. The smallest absolute Gasteiger partial charge is 0.338 e. The lowest BCUT2D eigenvalue weighted by Crippen LogP contribution is -2.50. The normalized spacial score (nSPS) is 13.6. The van der Waals surface area contributed by atoms with E-state index in [1.165, 1.54) is 12.1 Å². The van der Waals surface area contributed by atoms with Crippen molar-refractivity contribution in [3.8, 4) is 5.75 Å². The molecule has 0 atom stereocenters. The SMILES string of the molecule is CCOC(=O)c1ccc(N2CCN(C(=O)COc3ccc(C)cc3)CC2)c([N+](=O)[O-])c1. The number of anilines is 1. The Balaban J connectivity index is 1.60. The third kappa shape index (κ3) is 5.50. The number of nitrogens with zero attached hydrogens (tertiary/aromatic N) is 3. The summed E-state index contributed by atoms with van der Waals surface area (Å²) in [6.45, 7) is 5.51. The molecule has 1 aliphatic heterocycles. The average Bonchev–Trinajstić information content (AvgIpc) is 2.78. The fraction of sp³-hybridized carbons (Fsp3) is 0.364. The quantitative estimate of drug-likeness (QED) is 0.380. The number of piperazine rings is 1. The molecular weight excluding hydrogens is 402 g/mol. The van der Waals surface area contributed by atoms with E-state index in [0.717, 1.165) is 5.56 Å². The van der Waals surface area contributed by atoms with Gasteiger partial charge in [0, 0.05) is 32.2 Å². The van der Waals surface area contributed by atoms with Gasteiger partial charge in [-0.15, -0.1) is 0 Å². The molecule has 0 bridgehead atoms. The van der Waals surface area contributed by atoms with E-state index in [9.17, 15) is 19.7 Å². The summed E-state index contributed by atoms with van der Waals surface area (Å²) in [6.07, 6.45) is 0. The Bertz CT molecular complexity index is 952. The lowest BCUT2D eigenvalue weighted by molar-refractivity contribution is -0.384. The summed E-state index contributed by atoms with van der Waals surface area (Å²) < 4.78 is 10.5. The molecule has 2 aromatic carbocycles. The number of esters is 1. The zero-order valence-corrected chi connectivity index (χ0v) is 17.6. The second-order valence-corrected chi connectivity index (χ2v) is 7.15. The highest BCUT2D eigenvalue weighted by atomic mass is 16.6. The monoisotopic (exact) mass is 427 g/mol. The van der Waals surface area contributed by atoms with Gasteiger partial charge in [-0.05, 0) is 38.1 Å². The number of hydrogen-bond donors (Lipinski definition) is 0. The second-order valence-electron chi connectivity index (χ2n) is 7.15. The molecule has 1 heterocycles. The van der Waals surface area contributed by atoms with Gasteiger partial charge in [0.15, 0.2) is 6.61 Å². The molecule has 9 heteroatoms. The van der Waals surface area contributed by atoms with E-state index in [-0.39, 0.29) is 30.4 Å². The van der Waals surface area contributed by atoms with Crippen LogP contribution in [-0.4, -0.2) is 61.1 Å². The minimum Gasteiger partial charge on any atom is -0.484 e. The van der Waals surface area contributed by atoms with Crippen molar-refractivity contribution in [3.63, 3.8) is 0 Å². The Kier molecular flexibility index (Phi) is 7.07. The van der Waals surface area contributed by atoms with E-state index in [4.69, 9.17) is 9.47 Å². The molecule has 1 amide bonds. The number of nitro benzene ring substituents is 1. The first-order valence-corrected chi connectivity index (χ1v) is 10.1. The van der Waals surface area contributed by atoms with E-state index < -0.39 is 10.9 Å². The van der Waals surface area contributed by atoms with Crippen LogP contribution in [0.5, 0.6) is 5.75 Å². The summed E-state index contributed by atoms with van der Waals surface area (Å²) in [7, 11) is 0. The first-order chi connectivity index (χ1) is 14.9. The number of benzene rings is 2. The first kappa shape index (κ1) is 22.1. The standard InChI is InChI=1S/C22H25N3O6/c1-3-30-22(27)17-6-9-19(20(14-17)25(28)29)23-10-12-24(13-11-23)21(26)15-31-18-7-4-16(2)5-8-18/h4-9,14H,3,10-13,15H2,1-2H3. The molecule has 9 nitrogen and oxygen atoms in total. The Morgan fingerprint density at radius 1 is 1.06 bits per heavy atom. The Morgan fingerprint density at radius 3 is 2.35 bits per heavy atom. The van der Waals surface area contributed by atoms with Crippen molar-refractivity contribution in [2.24, 2.45) is 0 Å². The molecule has 1 saturated heterocycles. The van der Waals surface area contributed by atoms with E-state index in [2.05, 4.69) is 0 Å². The predicted molar refractivity (Wildman–Crippen MR) is 115 cm³/mol. The highest BCUT2D eigenvalue weighted by Gasteiger charge is 2.27. The fourth-order valence-corrected chi connectivity index (χ4v) is 3.35. The van der Waals surface area contributed by atoms with Crippen molar-refractivity contribution < 1.29 is 24.0 Å². The van der Waals surface area contributed by atoms with Crippen molar-refractivity contribution >= 4 is 23.3 Å². The first-order valence-electron chi connectivity index (χ1n) is 10.1. The van der Waals surface area contributed by atoms with Gasteiger partial charge < -0.3 is 19.3 Å². The molecule has 31 heavy (non-hydrogen) atoms. The Hall–Kier alpha value is -3.62. The van der Waals surface area contributed by atoms with Crippen molar-refractivity contribution in [2.75, 3.05) is 44.3 Å². The van der Waals surface area contributed by atoms with Gasteiger partial charge in [0.05, 0.1) is 17.1 Å². The number of carbonyl (C=O) groups excluding carboxylic acids is 2. The van der Waals surface area contributed by atoms with Crippen molar-refractivity contribution in [1.29, 1.82) is 0 Å². The van der Waals surface area contributed by atoms with Gasteiger partial charge in [0.1, 0.15) is 11.4 Å². The third-order valence-electron chi connectivity index (χ3n) is 5.04. The van der Waals surface area contributed by atoms with Gasteiger partial charge >= 0.3 is 5.97 Å². The van der Waals surface area contributed by atoms with Gasteiger partial charge in [0.2, 0.25) is 0 Å². The van der Waals surface area contributed by atoms with Crippen LogP contribution in [0.3, 0.4) is 0 Å². The third-order valence-corrected chi connectivity index (χ3v) is 5.04. The number of hydrogen-bond acceptors (Lipinski definition) is 7. The van der Waals surface area contributed by atoms with E-state index >= 15 is 0 Å². The lowest BCUT2D eigenvalue weighted by Gasteiger charge is -2.35. The van der Waals surface area contributed by atoms with Crippen molar-refractivity contribution in [3.05, 3.63) is 63.7 Å². The fourth-order valence-electron chi connectivity index (χ4n) is 3.35. The molecule has 0 saturated carbocycles. The maximum atomic E-state index is 12.5. The van der Waals surface area contributed by atoms with E-state index in [0.29, 0.717) is 37.6 Å². The van der Waals surface area contributed by atoms with Crippen LogP contribution >= 0.6 is 0 Å². The van der Waals surface area contributed by atoms with Crippen LogP contribution in [-0.2, 0) is 9.53 Å². The summed E-state index contributed by atoms with van der Waals surface area (Å²) >= 11 is 0. The van der Waals surface area contributed by atoms with Crippen LogP contribution in [0, 0.1) is 17.0 Å². The predicted octanol–water partition coefficient (Wildman–Crippen LogP) is 2.81. The summed E-state index contributed by atoms with van der Waals surface area (Å²) in [4.78, 5) is 38.9. The second kappa shape index (κ2) is 9.92. The maximum absolute atomic E-state index is 12.5. The maximum Gasteiger partial charge on any atom is 0.338 e. The van der Waals surface area contributed by atoms with E-state index in [1.807, 2.05) is 36.1 Å². The molecule has 0 aliphatic carbocycles. The molecular formula is C22H25N3O6. The zero-order chi connectivity index (χ0) is 22.4. The number of carbonyl (C=O) groups is 2.